The molecule has 0 saturated heterocycles. The van der Waals surface area contributed by atoms with Gasteiger partial charge in [0.25, 0.3) is 0 Å². The summed E-state index contributed by atoms with van der Waals surface area (Å²) in [5.41, 5.74) is 0. The summed E-state index contributed by atoms with van der Waals surface area (Å²) in [5, 5.41) is 3.92. The van der Waals surface area contributed by atoms with Crippen LogP contribution in [0.4, 0.5) is 0 Å². The predicted octanol–water partition coefficient (Wildman–Crippen LogP) is 4.51. The van der Waals surface area contributed by atoms with E-state index in [1.165, 1.54) is 64.2 Å². The van der Waals surface area contributed by atoms with E-state index in [0.717, 1.165) is 23.9 Å². The summed E-state index contributed by atoms with van der Waals surface area (Å²) in [5.74, 6) is 2.02. The Morgan fingerprint density at radius 2 is 1.76 bits per heavy atom. The quantitative estimate of drug-likeness (QED) is 0.694. The van der Waals surface area contributed by atoms with Crippen LogP contribution in [0, 0.1) is 11.8 Å². The van der Waals surface area contributed by atoms with Crippen molar-refractivity contribution in [3.05, 3.63) is 0 Å². The maximum atomic E-state index is 3.92. The second kappa shape index (κ2) is 6.78. The summed E-state index contributed by atoms with van der Waals surface area (Å²) in [6.07, 6.45) is 14.5. The highest BCUT2D eigenvalue weighted by atomic mass is 15.0. The highest BCUT2D eigenvalue weighted by Gasteiger charge is 2.26. The Morgan fingerprint density at radius 1 is 1.00 bits per heavy atom. The van der Waals surface area contributed by atoms with Crippen LogP contribution in [0.5, 0.6) is 0 Å². The van der Waals surface area contributed by atoms with Gasteiger partial charge in [0.15, 0.2) is 0 Å². The number of rotatable bonds is 5. The Morgan fingerprint density at radius 3 is 2.41 bits per heavy atom. The van der Waals surface area contributed by atoms with Crippen molar-refractivity contribution in [1.82, 2.24) is 5.32 Å². The Bertz CT molecular complexity index is 210. The SMILES string of the molecule is CCCC1CCCC(NC(C)C2CCC2)CC1. The zero-order chi connectivity index (χ0) is 12.1. The lowest BCUT2D eigenvalue weighted by atomic mass is 9.80. The van der Waals surface area contributed by atoms with Gasteiger partial charge in [-0.1, -0.05) is 39.0 Å². The molecule has 0 amide bonds. The molecule has 0 aliphatic heterocycles. The molecule has 100 valence electrons. The maximum absolute atomic E-state index is 3.92. The van der Waals surface area contributed by atoms with E-state index in [1.807, 2.05) is 0 Å². The summed E-state index contributed by atoms with van der Waals surface area (Å²) in [6.45, 7) is 4.75. The highest BCUT2D eigenvalue weighted by Crippen LogP contribution is 2.31. The molecule has 1 N–H and O–H groups in total. The Kier molecular flexibility index (Phi) is 5.34. The fourth-order valence-electron chi connectivity index (χ4n) is 3.69. The minimum atomic E-state index is 0.775. The van der Waals surface area contributed by atoms with E-state index >= 15 is 0 Å². The largest absolute Gasteiger partial charge is 0.311 e. The maximum Gasteiger partial charge on any atom is 0.00697 e. The fourth-order valence-corrected chi connectivity index (χ4v) is 3.69. The topological polar surface area (TPSA) is 12.0 Å². The first-order chi connectivity index (χ1) is 8.29. The van der Waals surface area contributed by atoms with Gasteiger partial charge >= 0.3 is 0 Å². The van der Waals surface area contributed by atoms with Gasteiger partial charge in [-0.15, -0.1) is 0 Å². The van der Waals surface area contributed by atoms with Crippen LogP contribution in [0.3, 0.4) is 0 Å². The number of hydrogen-bond acceptors (Lipinski definition) is 1. The lowest BCUT2D eigenvalue weighted by Crippen LogP contribution is -2.42. The van der Waals surface area contributed by atoms with Crippen molar-refractivity contribution in [3.8, 4) is 0 Å². The minimum absolute atomic E-state index is 0.775. The van der Waals surface area contributed by atoms with Gasteiger partial charge in [-0.25, -0.2) is 0 Å². The van der Waals surface area contributed by atoms with Crippen LogP contribution in [0.25, 0.3) is 0 Å². The van der Waals surface area contributed by atoms with Gasteiger partial charge in [-0.3, -0.25) is 0 Å². The van der Waals surface area contributed by atoms with Gasteiger partial charge < -0.3 is 5.32 Å². The van der Waals surface area contributed by atoms with Gasteiger partial charge in [-0.2, -0.15) is 0 Å². The molecule has 0 radical (unpaired) electrons. The molecule has 17 heavy (non-hydrogen) atoms. The van der Waals surface area contributed by atoms with E-state index in [0.29, 0.717) is 0 Å². The summed E-state index contributed by atoms with van der Waals surface area (Å²) < 4.78 is 0. The zero-order valence-corrected chi connectivity index (χ0v) is 11.9. The summed E-state index contributed by atoms with van der Waals surface area (Å²) in [4.78, 5) is 0. The van der Waals surface area contributed by atoms with Crippen molar-refractivity contribution in [2.45, 2.75) is 90.1 Å². The Hall–Kier alpha value is -0.0400. The van der Waals surface area contributed by atoms with Crippen LogP contribution in [0.2, 0.25) is 0 Å². The molecular weight excluding hydrogens is 206 g/mol. The third-order valence-electron chi connectivity index (χ3n) is 5.14. The molecule has 2 saturated carbocycles. The molecule has 2 aliphatic carbocycles. The van der Waals surface area contributed by atoms with Gasteiger partial charge in [0, 0.05) is 12.1 Å². The van der Waals surface area contributed by atoms with Crippen LogP contribution >= 0.6 is 0 Å². The molecule has 1 nitrogen and oxygen atoms in total. The lowest BCUT2D eigenvalue weighted by Gasteiger charge is -2.34. The molecule has 3 atom stereocenters. The molecular formula is C16H31N. The van der Waals surface area contributed by atoms with Crippen molar-refractivity contribution in [3.63, 3.8) is 0 Å². The molecule has 0 aromatic heterocycles. The van der Waals surface area contributed by atoms with E-state index in [1.54, 1.807) is 0 Å². The Labute approximate surface area is 108 Å². The molecule has 2 fully saturated rings. The standard InChI is InChI=1S/C16H31N/c1-3-6-14-7-4-10-16(12-11-14)17-13(2)15-8-5-9-15/h13-17H,3-12H2,1-2H3. The Balaban J connectivity index is 1.70. The van der Waals surface area contributed by atoms with Gasteiger partial charge in [0.05, 0.1) is 0 Å². The predicted molar refractivity (Wildman–Crippen MR) is 75.2 cm³/mol. The normalized spacial score (nSPS) is 32.8. The molecule has 0 aromatic rings. The van der Waals surface area contributed by atoms with Crippen LogP contribution in [-0.4, -0.2) is 12.1 Å². The fraction of sp³-hybridized carbons (Fsp3) is 1.00. The van der Waals surface area contributed by atoms with Gasteiger partial charge in [-0.05, 0) is 50.9 Å². The second-order valence-electron chi connectivity index (χ2n) is 6.51. The van der Waals surface area contributed by atoms with E-state index in [9.17, 15) is 0 Å². The molecule has 0 bridgehead atoms. The minimum Gasteiger partial charge on any atom is -0.311 e. The van der Waals surface area contributed by atoms with Crippen molar-refractivity contribution in [2.75, 3.05) is 0 Å². The average Bonchev–Trinajstić information content (AvgIpc) is 2.42. The first kappa shape index (κ1) is 13.4. The third-order valence-corrected chi connectivity index (χ3v) is 5.14. The van der Waals surface area contributed by atoms with Crippen molar-refractivity contribution < 1.29 is 0 Å². The van der Waals surface area contributed by atoms with Crippen LogP contribution in [0.15, 0.2) is 0 Å². The van der Waals surface area contributed by atoms with Crippen LogP contribution < -0.4 is 5.32 Å². The molecule has 1 heteroatoms. The number of hydrogen-bond donors (Lipinski definition) is 1. The van der Waals surface area contributed by atoms with E-state index in [-0.39, 0.29) is 0 Å². The molecule has 0 aromatic carbocycles. The smallest absolute Gasteiger partial charge is 0.00697 e. The second-order valence-corrected chi connectivity index (χ2v) is 6.51. The van der Waals surface area contributed by atoms with Crippen molar-refractivity contribution >= 4 is 0 Å². The third kappa shape index (κ3) is 3.98. The first-order valence-corrected chi connectivity index (χ1v) is 8.05. The lowest BCUT2D eigenvalue weighted by molar-refractivity contribution is 0.220. The van der Waals surface area contributed by atoms with E-state index in [4.69, 9.17) is 0 Å². The van der Waals surface area contributed by atoms with E-state index < -0.39 is 0 Å². The van der Waals surface area contributed by atoms with Crippen LogP contribution in [-0.2, 0) is 0 Å². The highest BCUT2D eigenvalue weighted by molar-refractivity contribution is 4.84. The summed E-state index contributed by atoms with van der Waals surface area (Å²) in [6, 6.07) is 1.60. The summed E-state index contributed by atoms with van der Waals surface area (Å²) >= 11 is 0. The van der Waals surface area contributed by atoms with Crippen molar-refractivity contribution in [1.29, 1.82) is 0 Å². The molecule has 3 unspecified atom stereocenters. The zero-order valence-electron chi connectivity index (χ0n) is 11.9. The van der Waals surface area contributed by atoms with Crippen molar-refractivity contribution in [2.24, 2.45) is 11.8 Å². The molecule has 0 spiro atoms. The molecule has 0 heterocycles. The van der Waals surface area contributed by atoms with Gasteiger partial charge in [0.2, 0.25) is 0 Å². The average molecular weight is 237 g/mol. The van der Waals surface area contributed by atoms with Crippen LogP contribution in [0.1, 0.15) is 78.1 Å². The van der Waals surface area contributed by atoms with E-state index in [2.05, 4.69) is 19.2 Å². The molecule has 2 rings (SSSR count). The molecule has 2 aliphatic rings. The first-order valence-electron chi connectivity index (χ1n) is 8.05. The number of nitrogens with one attached hydrogen (secondary N) is 1. The monoisotopic (exact) mass is 237 g/mol. The van der Waals surface area contributed by atoms with Gasteiger partial charge in [0.1, 0.15) is 0 Å². The summed E-state index contributed by atoms with van der Waals surface area (Å²) in [7, 11) is 0.